The number of fused-ring (bicyclic) bond motifs is 1. The van der Waals surface area contributed by atoms with E-state index >= 15 is 0 Å². The number of likely N-dealkylation sites (tertiary alicyclic amines) is 1. The maximum absolute atomic E-state index is 13.8. The van der Waals surface area contributed by atoms with Crippen molar-refractivity contribution in [3.8, 4) is 0 Å². The maximum atomic E-state index is 13.8. The number of benzene rings is 1. The highest BCUT2D eigenvalue weighted by atomic mass is 19.2. The smallest absolute Gasteiger partial charge is 0.407 e. The van der Waals surface area contributed by atoms with Gasteiger partial charge in [-0.3, -0.25) is 4.79 Å². The van der Waals surface area contributed by atoms with E-state index in [1.165, 1.54) is 11.0 Å². The first kappa shape index (κ1) is 19.1. The Morgan fingerprint density at radius 2 is 1.93 bits per heavy atom. The number of rotatable bonds is 2. The fourth-order valence-electron chi connectivity index (χ4n) is 3.00. The summed E-state index contributed by atoms with van der Waals surface area (Å²) < 4.78 is 45.7. The summed E-state index contributed by atoms with van der Waals surface area (Å²) in [6, 6.07) is 1.83. The topological polar surface area (TPSA) is 74.4 Å². The third-order valence-electron chi connectivity index (χ3n) is 4.18. The summed E-state index contributed by atoms with van der Waals surface area (Å²) in [5.74, 6) is -4.72. The minimum absolute atomic E-state index is 0.0202. The highest BCUT2D eigenvalue weighted by Gasteiger charge is 2.30. The summed E-state index contributed by atoms with van der Waals surface area (Å²) in [5, 5.41) is 2.76. The van der Waals surface area contributed by atoms with Crippen LogP contribution in [0.2, 0.25) is 0 Å². The first-order valence-corrected chi connectivity index (χ1v) is 8.50. The fourth-order valence-corrected chi connectivity index (χ4v) is 3.00. The summed E-state index contributed by atoms with van der Waals surface area (Å²) in [4.78, 5) is 28.4. The van der Waals surface area contributed by atoms with Gasteiger partial charge in [0.25, 0.3) is 5.91 Å². The largest absolute Gasteiger partial charge is 0.444 e. The molecule has 0 aliphatic carbocycles. The average Bonchev–Trinajstić information content (AvgIpc) is 3.17. The van der Waals surface area contributed by atoms with Crippen LogP contribution in [0.1, 0.15) is 37.7 Å². The van der Waals surface area contributed by atoms with Gasteiger partial charge in [-0.05, 0) is 39.3 Å². The fraction of sp³-hybridized carbons (Fsp3) is 0.444. The monoisotopic (exact) mass is 383 g/mol. The molecule has 2 aromatic rings. The van der Waals surface area contributed by atoms with Crippen LogP contribution in [0.5, 0.6) is 0 Å². The van der Waals surface area contributed by atoms with Crippen molar-refractivity contribution < 1.29 is 27.5 Å². The van der Waals surface area contributed by atoms with Gasteiger partial charge in [0.1, 0.15) is 11.3 Å². The molecule has 0 saturated carbocycles. The highest BCUT2D eigenvalue weighted by Crippen LogP contribution is 2.25. The zero-order valence-corrected chi connectivity index (χ0v) is 15.2. The number of carbonyl (C=O) groups excluding carboxylic acids is 2. The number of aromatic nitrogens is 1. The Bertz CT molecular complexity index is 905. The number of nitrogens with zero attached hydrogens (tertiary/aromatic N) is 1. The van der Waals surface area contributed by atoms with Gasteiger partial charge in [0.15, 0.2) is 17.5 Å². The Balaban J connectivity index is 1.69. The molecule has 1 aromatic heterocycles. The second kappa shape index (κ2) is 6.79. The standard InChI is InChI=1S/C18H20F3N3O3/c1-18(2,3)27-17(26)22-10-4-5-24(8-10)16(25)12-7-9-6-11(19)13(20)14(21)15(9)23-12/h6-7,10,23H,4-5,8H2,1-3H3,(H,22,26)/t10-/m1/s1. The molecule has 3 rings (SSSR count). The predicted octanol–water partition coefficient (Wildman–Crippen LogP) is 3.32. The molecule has 146 valence electrons. The third-order valence-corrected chi connectivity index (χ3v) is 4.18. The quantitative estimate of drug-likeness (QED) is 0.782. The van der Waals surface area contributed by atoms with Crippen molar-refractivity contribution in [3.05, 3.63) is 35.3 Å². The van der Waals surface area contributed by atoms with Gasteiger partial charge in [-0.15, -0.1) is 0 Å². The van der Waals surface area contributed by atoms with Crippen molar-refractivity contribution in [3.63, 3.8) is 0 Å². The minimum Gasteiger partial charge on any atom is -0.444 e. The highest BCUT2D eigenvalue weighted by molar-refractivity contribution is 5.98. The van der Waals surface area contributed by atoms with Gasteiger partial charge in [0, 0.05) is 18.5 Å². The number of ether oxygens (including phenoxy) is 1. The summed E-state index contributed by atoms with van der Waals surface area (Å²) in [5.41, 5.74) is -0.872. The number of aromatic amines is 1. The first-order chi connectivity index (χ1) is 12.5. The Hall–Kier alpha value is -2.71. The third kappa shape index (κ3) is 4.01. The van der Waals surface area contributed by atoms with Crippen molar-refractivity contribution in [1.29, 1.82) is 0 Å². The van der Waals surface area contributed by atoms with Crippen LogP contribution < -0.4 is 5.32 Å². The molecular formula is C18H20F3N3O3. The van der Waals surface area contributed by atoms with Gasteiger partial charge in [-0.1, -0.05) is 0 Å². The van der Waals surface area contributed by atoms with Crippen LogP contribution in [0.15, 0.2) is 12.1 Å². The van der Waals surface area contributed by atoms with E-state index in [0.29, 0.717) is 13.0 Å². The molecule has 0 bridgehead atoms. The van der Waals surface area contributed by atoms with Crippen molar-refractivity contribution >= 4 is 22.9 Å². The van der Waals surface area contributed by atoms with Crippen LogP contribution in [-0.4, -0.2) is 46.6 Å². The number of H-pyrrole nitrogens is 1. The number of amides is 2. The van der Waals surface area contributed by atoms with Crippen molar-refractivity contribution in [2.45, 2.75) is 38.8 Å². The molecule has 1 aliphatic heterocycles. The van der Waals surface area contributed by atoms with E-state index in [1.807, 2.05) is 0 Å². The SMILES string of the molecule is CC(C)(C)OC(=O)N[C@@H]1CCN(C(=O)c2cc3cc(F)c(F)c(F)c3[nH]2)C1. The number of hydrogen-bond donors (Lipinski definition) is 2. The second-order valence-corrected chi connectivity index (χ2v) is 7.52. The second-order valence-electron chi connectivity index (χ2n) is 7.52. The molecular weight excluding hydrogens is 363 g/mol. The molecule has 1 saturated heterocycles. The number of hydrogen-bond acceptors (Lipinski definition) is 3. The Morgan fingerprint density at radius 1 is 1.22 bits per heavy atom. The van der Waals surface area contributed by atoms with E-state index in [4.69, 9.17) is 4.74 Å². The summed E-state index contributed by atoms with van der Waals surface area (Å²) >= 11 is 0. The molecule has 27 heavy (non-hydrogen) atoms. The lowest BCUT2D eigenvalue weighted by molar-refractivity contribution is 0.0502. The summed E-state index contributed by atoms with van der Waals surface area (Å²) in [7, 11) is 0. The van der Waals surface area contributed by atoms with E-state index in [2.05, 4.69) is 10.3 Å². The molecule has 0 radical (unpaired) electrons. The van der Waals surface area contributed by atoms with Crippen molar-refractivity contribution in [2.24, 2.45) is 0 Å². The van der Waals surface area contributed by atoms with E-state index in [1.54, 1.807) is 20.8 Å². The van der Waals surface area contributed by atoms with Crippen LogP contribution in [0.25, 0.3) is 10.9 Å². The molecule has 0 spiro atoms. The molecule has 0 unspecified atom stereocenters. The Labute approximate surface area is 153 Å². The lowest BCUT2D eigenvalue weighted by Gasteiger charge is -2.22. The number of nitrogens with one attached hydrogen (secondary N) is 2. The van der Waals surface area contributed by atoms with Gasteiger partial charge in [0.05, 0.1) is 11.6 Å². The maximum Gasteiger partial charge on any atom is 0.407 e. The zero-order valence-electron chi connectivity index (χ0n) is 15.2. The van der Waals surface area contributed by atoms with E-state index in [-0.39, 0.29) is 29.2 Å². The molecule has 2 amide bonds. The van der Waals surface area contributed by atoms with E-state index < -0.39 is 35.1 Å². The molecule has 1 aromatic carbocycles. The Morgan fingerprint density at radius 3 is 2.59 bits per heavy atom. The van der Waals surface area contributed by atoms with Crippen LogP contribution >= 0.6 is 0 Å². The molecule has 6 nitrogen and oxygen atoms in total. The summed E-state index contributed by atoms with van der Waals surface area (Å²) in [6.45, 7) is 5.87. The van der Waals surface area contributed by atoms with Gasteiger partial charge in [0.2, 0.25) is 0 Å². The van der Waals surface area contributed by atoms with E-state index in [9.17, 15) is 22.8 Å². The number of alkyl carbamates (subject to hydrolysis) is 1. The molecule has 1 fully saturated rings. The van der Waals surface area contributed by atoms with Crippen LogP contribution in [0.4, 0.5) is 18.0 Å². The zero-order chi connectivity index (χ0) is 19.9. The normalized spacial score (nSPS) is 17.4. The number of carbonyl (C=O) groups is 2. The van der Waals surface area contributed by atoms with Crippen LogP contribution in [0, 0.1) is 17.5 Å². The number of halogens is 3. The predicted molar refractivity (Wildman–Crippen MR) is 91.9 cm³/mol. The van der Waals surface area contributed by atoms with Crippen LogP contribution in [0.3, 0.4) is 0 Å². The van der Waals surface area contributed by atoms with Gasteiger partial charge >= 0.3 is 6.09 Å². The molecule has 2 N–H and O–H groups in total. The molecule has 2 heterocycles. The average molecular weight is 383 g/mol. The molecule has 1 atom stereocenters. The lowest BCUT2D eigenvalue weighted by atomic mass is 10.2. The molecule has 9 heteroatoms. The van der Waals surface area contributed by atoms with Crippen molar-refractivity contribution in [1.82, 2.24) is 15.2 Å². The van der Waals surface area contributed by atoms with E-state index in [0.717, 1.165) is 6.07 Å². The van der Waals surface area contributed by atoms with Gasteiger partial charge < -0.3 is 19.9 Å². The lowest BCUT2D eigenvalue weighted by Crippen LogP contribution is -2.41. The van der Waals surface area contributed by atoms with Gasteiger partial charge in [-0.25, -0.2) is 18.0 Å². The Kier molecular flexibility index (Phi) is 4.79. The summed E-state index contributed by atoms with van der Waals surface area (Å²) in [6.07, 6.45) is -0.0385. The molecule has 1 aliphatic rings. The van der Waals surface area contributed by atoms with Crippen molar-refractivity contribution in [2.75, 3.05) is 13.1 Å². The van der Waals surface area contributed by atoms with Gasteiger partial charge in [-0.2, -0.15) is 0 Å². The van der Waals surface area contributed by atoms with Crippen LogP contribution in [-0.2, 0) is 4.74 Å². The minimum atomic E-state index is -1.59. The first-order valence-electron chi connectivity index (χ1n) is 8.50.